The molecule has 0 saturated heterocycles. The van der Waals surface area contributed by atoms with Gasteiger partial charge in [0.15, 0.2) is 6.61 Å². The van der Waals surface area contributed by atoms with Gasteiger partial charge in [-0.15, -0.1) is 0 Å². The van der Waals surface area contributed by atoms with Gasteiger partial charge in [0.1, 0.15) is 0 Å². The lowest BCUT2D eigenvalue weighted by Crippen LogP contribution is -2.50. The summed E-state index contributed by atoms with van der Waals surface area (Å²) < 4.78 is 6.67. The summed E-state index contributed by atoms with van der Waals surface area (Å²) in [6.45, 7) is 4.02. The molecule has 27 heavy (non-hydrogen) atoms. The minimum Gasteiger partial charge on any atom is -0.455 e. The Balaban J connectivity index is 1.37. The van der Waals surface area contributed by atoms with Gasteiger partial charge in [-0.3, -0.25) is 9.59 Å². The highest BCUT2D eigenvalue weighted by molar-refractivity contribution is 14.1. The number of esters is 1. The topological polar surface area (TPSA) is 55.4 Å². The zero-order valence-corrected chi connectivity index (χ0v) is 18.3. The Morgan fingerprint density at radius 2 is 1.74 bits per heavy atom. The largest absolute Gasteiger partial charge is 0.455 e. The number of benzene rings is 1. The van der Waals surface area contributed by atoms with Crippen molar-refractivity contribution < 1.29 is 14.3 Å². The Morgan fingerprint density at radius 1 is 1.15 bits per heavy atom. The Morgan fingerprint density at radius 3 is 2.30 bits per heavy atom. The van der Waals surface area contributed by atoms with Gasteiger partial charge in [0.05, 0.1) is 5.41 Å². The lowest BCUT2D eigenvalue weighted by atomic mass is 9.49. The number of rotatable bonds is 5. The Hall–Kier alpha value is -1.11. The number of hydrogen-bond donors (Lipinski definition) is 1. The number of ether oxygens (including phenoxy) is 1. The molecular formula is C22H28INO3. The van der Waals surface area contributed by atoms with Crippen molar-refractivity contribution in [3.63, 3.8) is 0 Å². The van der Waals surface area contributed by atoms with Gasteiger partial charge in [-0.2, -0.15) is 0 Å². The van der Waals surface area contributed by atoms with Crippen molar-refractivity contribution in [1.82, 2.24) is 0 Å². The van der Waals surface area contributed by atoms with Crippen LogP contribution in [0, 0.1) is 26.7 Å². The van der Waals surface area contributed by atoms with E-state index >= 15 is 0 Å². The summed E-state index contributed by atoms with van der Waals surface area (Å²) >= 11 is 2.27. The summed E-state index contributed by atoms with van der Waals surface area (Å²) in [6.07, 6.45) is 6.77. The molecule has 5 heteroatoms. The number of nitrogens with one attached hydrogen (secondary N) is 1. The van der Waals surface area contributed by atoms with E-state index < -0.39 is 0 Å². The molecule has 4 bridgehead atoms. The van der Waals surface area contributed by atoms with Crippen LogP contribution in [0.1, 0.15) is 63.9 Å². The molecule has 4 aliphatic carbocycles. The molecule has 4 nitrogen and oxygen atoms in total. The van der Waals surface area contributed by atoms with Crippen molar-refractivity contribution >= 4 is 40.2 Å². The monoisotopic (exact) mass is 481 g/mol. The fraction of sp³-hybridized carbons (Fsp3) is 0.636. The van der Waals surface area contributed by atoms with Crippen LogP contribution in [0.3, 0.4) is 0 Å². The van der Waals surface area contributed by atoms with Gasteiger partial charge in [-0.05, 0) is 109 Å². The van der Waals surface area contributed by atoms with E-state index in [1.165, 1.54) is 19.3 Å². The normalized spacial score (nSPS) is 31.2. The number of carbonyl (C=O) groups excluding carboxylic acids is 2. The first-order valence-corrected chi connectivity index (χ1v) is 11.2. The van der Waals surface area contributed by atoms with Gasteiger partial charge in [-0.25, -0.2) is 0 Å². The highest BCUT2D eigenvalue weighted by atomic mass is 127. The summed E-state index contributed by atoms with van der Waals surface area (Å²) in [7, 11) is 0. The van der Waals surface area contributed by atoms with Gasteiger partial charge < -0.3 is 10.1 Å². The Labute approximate surface area is 175 Å². The lowest BCUT2D eigenvalue weighted by molar-refractivity contribution is -0.172. The van der Waals surface area contributed by atoms with E-state index in [4.69, 9.17) is 4.74 Å². The van der Waals surface area contributed by atoms with E-state index in [9.17, 15) is 9.59 Å². The molecule has 5 rings (SSSR count). The summed E-state index contributed by atoms with van der Waals surface area (Å²) in [5.74, 6) is 2.00. The highest BCUT2D eigenvalue weighted by Gasteiger charge is 2.55. The minimum absolute atomic E-state index is 0.136. The van der Waals surface area contributed by atoms with E-state index in [0.717, 1.165) is 34.1 Å². The van der Waals surface area contributed by atoms with E-state index in [1.54, 1.807) is 0 Å². The molecule has 4 fully saturated rings. The fourth-order valence-electron chi connectivity index (χ4n) is 5.96. The fourth-order valence-corrected chi connectivity index (χ4v) is 6.47. The molecule has 4 saturated carbocycles. The van der Waals surface area contributed by atoms with E-state index in [0.29, 0.717) is 23.7 Å². The summed E-state index contributed by atoms with van der Waals surface area (Å²) in [6, 6.07) is 5.99. The van der Waals surface area contributed by atoms with Crippen LogP contribution in [-0.4, -0.2) is 18.5 Å². The standard InChI is InChI=1S/C22H28INO3/c1-13(2)18-8-17(23)3-4-19(18)24-20(25)12-27-21(26)22-9-14-5-15(10-22)7-16(6-14)11-22/h3-4,8,13-16H,5-7,9-12H2,1-2H3,(H,24,25). The summed E-state index contributed by atoms with van der Waals surface area (Å²) in [5.41, 5.74) is 1.60. The van der Waals surface area contributed by atoms with Gasteiger partial charge in [0.2, 0.25) is 0 Å². The smallest absolute Gasteiger partial charge is 0.312 e. The van der Waals surface area contributed by atoms with Crippen LogP contribution in [0.4, 0.5) is 5.69 Å². The number of anilines is 1. The zero-order valence-electron chi connectivity index (χ0n) is 16.1. The molecule has 0 unspecified atom stereocenters. The van der Waals surface area contributed by atoms with Gasteiger partial charge in [-0.1, -0.05) is 13.8 Å². The van der Waals surface area contributed by atoms with Crippen molar-refractivity contribution in [2.24, 2.45) is 23.2 Å². The van der Waals surface area contributed by atoms with Gasteiger partial charge in [0, 0.05) is 9.26 Å². The lowest BCUT2D eigenvalue weighted by Gasteiger charge is -2.55. The molecule has 0 aliphatic heterocycles. The van der Waals surface area contributed by atoms with Gasteiger partial charge in [0.25, 0.3) is 5.91 Å². The summed E-state index contributed by atoms with van der Waals surface area (Å²) in [4.78, 5) is 25.3. The molecule has 0 heterocycles. The average molecular weight is 481 g/mol. The average Bonchev–Trinajstić information content (AvgIpc) is 2.60. The molecule has 0 radical (unpaired) electrons. The van der Waals surface area contributed by atoms with Crippen molar-refractivity contribution in [2.75, 3.05) is 11.9 Å². The molecule has 1 aromatic rings. The van der Waals surface area contributed by atoms with Crippen molar-refractivity contribution in [1.29, 1.82) is 0 Å². The molecule has 0 atom stereocenters. The first-order valence-electron chi connectivity index (χ1n) is 10.1. The summed E-state index contributed by atoms with van der Waals surface area (Å²) in [5, 5.41) is 2.93. The van der Waals surface area contributed by atoms with Crippen LogP contribution in [-0.2, 0) is 14.3 Å². The molecule has 0 aromatic heterocycles. The molecule has 146 valence electrons. The predicted molar refractivity (Wildman–Crippen MR) is 113 cm³/mol. The van der Waals surface area contributed by atoms with Gasteiger partial charge >= 0.3 is 5.97 Å². The third kappa shape index (κ3) is 3.89. The SMILES string of the molecule is CC(C)c1cc(I)ccc1NC(=O)COC(=O)C12CC3CC(CC(C3)C1)C2. The maximum Gasteiger partial charge on any atom is 0.312 e. The number of hydrogen-bond acceptors (Lipinski definition) is 3. The quantitative estimate of drug-likeness (QED) is 0.470. The maximum absolute atomic E-state index is 12.9. The van der Waals surface area contributed by atoms with Crippen LogP contribution < -0.4 is 5.32 Å². The minimum atomic E-state index is -0.305. The zero-order chi connectivity index (χ0) is 19.2. The first-order chi connectivity index (χ1) is 12.8. The van der Waals surface area contributed by atoms with Crippen LogP contribution >= 0.6 is 22.6 Å². The van der Waals surface area contributed by atoms with Crippen LogP contribution in [0.25, 0.3) is 0 Å². The van der Waals surface area contributed by atoms with Crippen LogP contribution in [0.2, 0.25) is 0 Å². The third-order valence-corrected chi connectivity index (χ3v) is 7.39. The molecular weight excluding hydrogens is 453 g/mol. The Bertz CT molecular complexity index is 723. The number of amides is 1. The number of halogens is 1. The second-order valence-corrected chi connectivity index (χ2v) is 10.5. The highest BCUT2D eigenvalue weighted by Crippen LogP contribution is 2.60. The van der Waals surface area contributed by atoms with Crippen molar-refractivity contribution in [3.05, 3.63) is 27.3 Å². The number of carbonyl (C=O) groups is 2. The molecule has 1 N–H and O–H groups in total. The van der Waals surface area contributed by atoms with Crippen LogP contribution in [0.5, 0.6) is 0 Å². The van der Waals surface area contributed by atoms with Crippen molar-refractivity contribution in [3.8, 4) is 0 Å². The van der Waals surface area contributed by atoms with E-state index in [2.05, 4.69) is 47.8 Å². The predicted octanol–water partition coefficient (Wildman–Crippen LogP) is 5.11. The molecule has 1 amide bonds. The maximum atomic E-state index is 12.9. The molecule has 1 aromatic carbocycles. The molecule has 0 spiro atoms. The van der Waals surface area contributed by atoms with E-state index in [-0.39, 0.29) is 23.9 Å². The second-order valence-electron chi connectivity index (χ2n) is 9.21. The van der Waals surface area contributed by atoms with Crippen LogP contribution in [0.15, 0.2) is 18.2 Å². The Kier molecular flexibility index (Phi) is 5.25. The second kappa shape index (κ2) is 7.37. The third-order valence-electron chi connectivity index (χ3n) is 6.72. The first kappa shape index (κ1) is 19.2. The van der Waals surface area contributed by atoms with Crippen molar-refractivity contribution in [2.45, 2.75) is 58.3 Å². The molecule has 4 aliphatic rings. The van der Waals surface area contributed by atoms with E-state index in [1.807, 2.05) is 12.1 Å².